The fourth-order valence-electron chi connectivity index (χ4n) is 6.19. The van der Waals surface area contributed by atoms with Crippen LogP contribution in [0.15, 0.2) is 58.8 Å². The molecule has 2 aromatic carbocycles. The number of fused-ring (bicyclic) bond motifs is 3. The number of nitrogens with zero attached hydrogens (tertiary/aromatic N) is 5. The number of aryl methyl sites for hydroxylation is 1. The SMILES string of the molecule is COc1ccc2c(c1)/C(=N\OC[C@H]1CC(=O)N(C)C1)C(C)(C)c1c(N)ncnc1-2.Cc1ccc(S(=O)(=O)OC[C@H]2CC(=O)N(C)C2)cc1. The molecule has 256 valence electrons. The molecule has 2 aliphatic heterocycles. The number of anilines is 1. The van der Waals surface area contributed by atoms with Gasteiger partial charge in [-0.3, -0.25) is 13.8 Å². The van der Waals surface area contributed by atoms with E-state index in [-0.39, 0.29) is 35.2 Å². The molecule has 0 bridgehead atoms. The van der Waals surface area contributed by atoms with Gasteiger partial charge in [-0.2, -0.15) is 8.42 Å². The largest absolute Gasteiger partial charge is 0.497 e. The highest BCUT2D eigenvalue weighted by molar-refractivity contribution is 7.86. The molecule has 6 rings (SSSR count). The summed E-state index contributed by atoms with van der Waals surface area (Å²) in [7, 11) is 1.41. The second kappa shape index (κ2) is 13.9. The molecule has 0 radical (unpaired) electrons. The normalized spacial score (nSPS) is 20.7. The number of nitrogens with two attached hydrogens (primary N) is 1. The van der Waals surface area contributed by atoms with Gasteiger partial charge in [0.05, 0.1) is 30.0 Å². The van der Waals surface area contributed by atoms with Crippen molar-refractivity contribution in [3.63, 3.8) is 0 Å². The van der Waals surface area contributed by atoms with Crippen molar-refractivity contribution in [2.75, 3.05) is 53.2 Å². The van der Waals surface area contributed by atoms with Crippen LogP contribution in [0.1, 0.15) is 43.4 Å². The molecule has 3 aliphatic rings. The summed E-state index contributed by atoms with van der Waals surface area (Å²) < 4.78 is 34.3. The number of amides is 2. The van der Waals surface area contributed by atoms with Crippen molar-refractivity contribution >= 4 is 33.5 Å². The Morgan fingerprint density at radius 2 is 1.56 bits per heavy atom. The molecule has 0 saturated carbocycles. The number of hydrogen-bond acceptors (Lipinski definition) is 11. The summed E-state index contributed by atoms with van der Waals surface area (Å²) in [5.74, 6) is 1.39. The molecule has 2 amide bonds. The minimum Gasteiger partial charge on any atom is -0.497 e. The summed E-state index contributed by atoms with van der Waals surface area (Å²) in [6, 6.07) is 12.3. The number of likely N-dealkylation sites (tertiary alicyclic amines) is 2. The first-order chi connectivity index (χ1) is 22.7. The molecule has 3 heterocycles. The third-order valence-corrected chi connectivity index (χ3v) is 10.2. The summed E-state index contributed by atoms with van der Waals surface area (Å²) in [5, 5.41) is 4.53. The molecular weight excluding hydrogens is 636 g/mol. The zero-order valence-corrected chi connectivity index (χ0v) is 28.9. The molecule has 2 atom stereocenters. The van der Waals surface area contributed by atoms with Crippen molar-refractivity contribution in [1.29, 1.82) is 0 Å². The first kappa shape index (κ1) is 34.8. The van der Waals surface area contributed by atoms with Crippen molar-refractivity contribution < 1.29 is 31.8 Å². The standard InChI is InChI=1S/C21H25N5O3.C13H17NO4S/c1-21(2)17-18(23-11-24-20(17)22)14-6-5-13(28-4)8-15(14)19(21)25-29-10-12-7-16(27)26(3)9-12;1-10-3-5-12(6-4-10)19(16,17)18-9-11-7-13(15)14(2)8-11/h5-6,8,11-12H,7,9-10H2,1-4H3,(H2,22,23,24);3-6,11H,7-9H2,1-2H3/b25-19+;/t12-;11-/m00/s1. The average molecular weight is 679 g/mol. The van der Waals surface area contributed by atoms with Gasteiger partial charge in [-0.25, -0.2) is 9.97 Å². The van der Waals surface area contributed by atoms with Gasteiger partial charge in [0.2, 0.25) is 11.8 Å². The number of benzene rings is 2. The van der Waals surface area contributed by atoms with E-state index in [0.717, 1.165) is 39.4 Å². The smallest absolute Gasteiger partial charge is 0.296 e. The fourth-order valence-corrected chi connectivity index (χ4v) is 7.17. The maximum atomic E-state index is 11.9. The Morgan fingerprint density at radius 3 is 2.15 bits per heavy atom. The van der Waals surface area contributed by atoms with E-state index >= 15 is 0 Å². The van der Waals surface area contributed by atoms with Gasteiger partial charge in [0.15, 0.2) is 0 Å². The quantitative estimate of drug-likeness (QED) is 0.276. The lowest BCUT2D eigenvalue weighted by atomic mass is 9.70. The van der Waals surface area contributed by atoms with Crippen LogP contribution in [0, 0.1) is 18.8 Å². The lowest BCUT2D eigenvalue weighted by Crippen LogP contribution is -2.36. The van der Waals surface area contributed by atoms with Gasteiger partial charge in [-0.1, -0.05) is 22.9 Å². The summed E-state index contributed by atoms with van der Waals surface area (Å²) in [5.41, 5.74) is 10.8. The van der Waals surface area contributed by atoms with Crippen molar-refractivity contribution in [3.05, 3.63) is 65.5 Å². The lowest BCUT2D eigenvalue weighted by molar-refractivity contribution is -0.127. The van der Waals surface area contributed by atoms with Gasteiger partial charge in [0, 0.05) is 74.0 Å². The molecule has 3 aromatic rings. The van der Waals surface area contributed by atoms with Crippen LogP contribution < -0.4 is 10.5 Å². The molecule has 1 aliphatic carbocycles. The van der Waals surface area contributed by atoms with Gasteiger partial charge < -0.3 is 25.1 Å². The topological polar surface area (TPSA) is 167 Å². The number of methoxy groups -OCH3 is 1. The average Bonchev–Trinajstić information content (AvgIpc) is 3.55. The van der Waals surface area contributed by atoms with Gasteiger partial charge in [0.25, 0.3) is 10.1 Å². The minimum absolute atomic E-state index is 0.0290. The second-order valence-electron chi connectivity index (χ2n) is 13.0. The Hall–Kier alpha value is -4.56. The first-order valence-corrected chi connectivity index (χ1v) is 17.1. The van der Waals surface area contributed by atoms with Crippen LogP contribution in [0.4, 0.5) is 5.82 Å². The van der Waals surface area contributed by atoms with Crippen LogP contribution >= 0.6 is 0 Å². The van der Waals surface area contributed by atoms with E-state index in [4.69, 9.17) is 19.5 Å². The Bertz CT molecular complexity index is 1830. The van der Waals surface area contributed by atoms with Gasteiger partial charge in [0.1, 0.15) is 24.5 Å². The minimum atomic E-state index is -3.73. The Balaban J connectivity index is 0.000000206. The van der Waals surface area contributed by atoms with Crippen molar-refractivity contribution in [1.82, 2.24) is 19.8 Å². The third-order valence-electron chi connectivity index (χ3n) is 8.91. The van der Waals surface area contributed by atoms with Crippen LogP contribution in [0.2, 0.25) is 0 Å². The molecule has 14 heteroatoms. The monoisotopic (exact) mass is 678 g/mol. The van der Waals surface area contributed by atoms with E-state index in [2.05, 4.69) is 15.1 Å². The van der Waals surface area contributed by atoms with Crippen LogP contribution in [0.5, 0.6) is 5.75 Å². The molecule has 48 heavy (non-hydrogen) atoms. The highest BCUT2D eigenvalue weighted by Crippen LogP contribution is 2.45. The van der Waals surface area contributed by atoms with E-state index in [1.165, 1.54) is 18.5 Å². The molecule has 2 saturated heterocycles. The highest BCUT2D eigenvalue weighted by atomic mass is 32.2. The Morgan fingerprint density at radius 1 is 0.938 bits per heavy atom. The molecule has 13 nitrogen and oxygen atoms in total. The number of aromatic nitrogens is 2. The van der Waals surface area contributed by atoms with Crippen LogP contribution in [-0.2, 0) is 34.1 Å². The predicted octanol–water partition coefficient (Wildman–Crippen LogP) is 3.40. The number of hydrogen-bond donors (Lipinski definition) is 1. The molecule has 1 aromatic heterocycles. The maximum absolute atomic E-state index is 11.9. The number of carbonyl (C=O) groups is 2. The molecular formula is C34H42N6O7S. The lowest BCUT2D eigenvalue weighted by Gasteiger charge is -2.34. The summed E-state index contributed by atoms with van der Waals surface area (Å²) in [4.78, 5) is 41.0. The third kappa shape index (κ3) is 7.29. The molecule has 2 fully saturated rings. The zero-order chi connectivity index (χ0) is 34.8. The Kier molecular flexibility index (Phi) is 10.1. The van der Waals surface area contributed by atoms with Crippen LogP contribution in [0.25, 0.3) is 11.3 Å². The van der Waals surface area contributed by atoms with Gasteiger partial charge >= 0.3 is 0 Å². The fraction of sp³-hybridized carbons (Fsp3) is 0.441. The number of oxime groups is 1. The second-order valence-corrected chi connectivity index (χ2v) is 14.6. The van der Waals surface area contributed by atoms with Crippen LogP contribution in [-0.4, -0.2) is 93.2 Å². The van der Waals surface area contributed by atoms with E-state index in [9.17, 15) is 18.0 Å². The Labute approximate surface area is 281 Å². The summed E-state index contributed by atoms with van der Waals surface area (Å²) in [6.45, 7) is 7.60. The molecule has 2 N–H and O–H groups in total. The molecule has 0 unspecified atom stereocenters. The van der Waals surface area contributed by atoms with Crippen molar-refractivity contribution in [2.45, 2.75) is 43.9 Å². The maximum Gasteiger partial charge on any atom is 0.296 e. The number of ether oxygens (including phenoxy) is 1. The van der Waals surface area contributed by atoms with Crippen LogP contribution in [0.3, 0.4) is 0 Å². The first-order valence-electron chi connectivity index (χ1n) is 15.7. The van der Waals surface area contributed by atoms with E-state index in [0.29, 0.717) is 38.4 Å². The van der Waals surface area contributed by atoms with E-state index < -0.39 is 15.5 Å². The number of rotatable bonds is 8. The highest BCUT2D eigenvalue weighted by Gasteiger charge is 2.41. The summed E-state index contributed by atoms with van der Waals surface area (Å²) in [6.07, 6.45) is 2.31. The summed E-state index contributed by atoms with van der Waals surface area (Å²) >= 11 is 0. The number of carbonyl (C=O) groups excluding carboxylic acids is 2. The van der Waals surface area contributed by atoms with Gasteiger partial charge in [-0.15, -0.1) is 0 Å². The number of nitrogen functional groups attached to an aromatic ring is 1. The molecule has 0 spiro atoms. The van der Waals surface area contributed by atoms with E-state index in [1.54, 1.807) is 43.1 Å². The van der Waals surface area contributed by atoms with Gasteiger partial charge in [-0.05, 0) is 51.1 Å². The zero-order valence-electron chi connectivity index (χ0n) is 28.1. The van der Waals surface area contributed by atoms with E-state index in [1.807, 2.05) is 39.0 Å². The predicted molar refractivity (Wildman–Crippen MR) is 180 cm³/mol. The van der Waals surface area contributed by atoms with Crippen molar-refractivity contribution in [3.8, 4) is 17.0 Å². The van der Waals surface area contributed by atoms with Crippen molar-refractivity contribution in [2.24, 2.45) is 17.0 Å².